The molecule has 138 valence electrons. The van der Waals surface area contributed by atoms with Crippen molar-refractivity contribution in [3.8, 4) is 0 Å². The molecule has 8 nitrogen and oxygen atoms in total. The third-order valence-corrected chi connectivity index (χ3v) is 4.29. The largest absolute Gasteiger partial charge is 0.423 e. The number of ether oxygens (including phenoxy) is 1. The number of rotatable bonds is 6. The zero-order valence-corrected chi connectivity index (χ0v) is 14.8. The molecule has 0 radical (unpaired) electrons. The van der Waals surface area contributed by atoms with Gasteiger partial charge in [0.2, 0.25) is 17.7 Å². The second-order valence-corrected chi connectivity index (χ2v) is 5.93. The highest BCUT2D eigenvalue weighted by atomic mass is 16.5. The Balaban J connectivity index is 1.76. The Morgan fingerprint density at radius 2 is 1.96 bits per heavy atom. The van der Waals surface area contributed by atoms with Crippen molar-refractivity contribution in [2.45, 2.75) is 39.0 Å². The first-order valence-corrected chi connectivity index (χ1v) is 8.69. The minimum Gasteiger partial charge on any atom is -0.423 e. The fourth-order valence-corrected chi connectivity index (χ4v) is 3.02. The van der Waals surface area contributed by atoms with Crippen LogP contribution in [0, 0.1) is 0 Å². The quantitative estimate of drug-likeness (QED) is 0.834. The van der Waals surface area contributed by atoms with Gasteiger partial charge in [-0.2, -0.15) is 0 Å². The van der Waals surface area contributed by atoms with E-state index < -0.39 is 12.1 Å². The maximum Gasteiger partial charge on any atom is 0.252 e. The number of hydrogen-bond donors (Lipinski definition) is 1. The van der Waals surface area contributed by atoms with Crippen molar-refractivity contribution in [2.75, 3.05) is 13.2 Å². The molecule has 1 fully saturated rings. The van der Waals surface area contributed by atoms with Gasteiger partial charge >= 0.3 is 0 Å². The number of nitrogens with zero attached hydrogens (tertiary/aromatic N) is 3. The number of benzene rings is 1. The van der Waals surface area contributed by atoms with Gasteiger partial charge < -0.3 is 19.4 Å². The average Bonchev–Trinajstić information content (AvgIpc) is 3.14. The molecular formula is C18H22N4O4. The summed E-state index contributed by atoms with van der Waals surface area (Å²) in [6, 6.07) is 8.95. The predicted octanol–water partition coefficient (Wildman–Crippen LogP) is 1.24. The number of amides is 2. The van der Waals surface area contributed by atoms with Crippen LogP contribution < -0.4 is 5.32 Å². The summed E-state index contributed by atoms with van der Waals surface area (Å²) in [6.07, 6.45) is -0.167. The van der Waals surface area contributed by atoms with E-state index in [0.717, 1.165) is 5.56 Å². The summed E-state index contributed by atoms with van der Waals surface area (Å²) in [7, 11) is 0. The van der Waals surface area contributed by atoms with Gasteiger partial charge in [0.25, 0.3) is 5.91 Å². The molecule has 0 unspecified atom stereocenters. The van der Waals surface area contributed by atoms with E-state index in [1.807, 2.05) is 44.2 Å². The molecule has 3 rings (SSSR count). The highest BCUT2D eigenvalue weighted by Crippen LogP contribution is 2.30. The van der Waals surface area contributed by atoms with E-state index in [1.165, 1.54) is 0 Å². The molecular weight excluding hydrogens is 336 g/mol. The number of likely N-dealkylation sites (N-methyl/N-ethyl adjacent to an activating group) is 1. The van der Waals surface area contributed by atoms with Crippen LogP contribution in [0.25, 0.3) is 0 Å². The van der Waals surface area contributed by atoms with Crippen molar-refractivity contribution in [3.05, 3.63) is 47.7 Å². The first kappa shape index (κ1) is 18.1. The van der Waals surface area contributed by atoms with Crippen LogP contribution in [0.5, 0.6) is 0 Å². The third-order valence-electron chi connectivity index (χ3n) is 4.29. The molecule has 8 heteroatoms. The van der Waals surface area contributed by atoms with Gasteiger partial charge in [0.15, 0.2) is 6.10 Å². The molecule has 1 aromatic carbocycles. The fourth-order valence-electron chi connectivity index (χ4n) is 3.02. The topological polar surface area (TPSA) is 97.6 Å². The van der Waals surface area contributed by atoms with Gasteiger partial charge in [0.1, 0.15) is 6.61 Å². The molecule has 1 aromatic heterocycles. The Hall–Kier alpha value is -2.74. The molecule has 0 spiro atoms. The summed E-state index contributed by atoms with van der Waals surface area (Å²) in [5.74, 6) is 0.412. The summed E-state index contributed by atoms with van der Waals surface area (Å²) in [4.78, 5) is 26.6. The summed E-state index contributed by atoms with van der Waals surface area (Å²) >= 11 is 0. The van der Waals surface area contributed by atoms with E-state index in [2.05, 4.69) is 15.5 Å². The monoisotopic (exact) mass is 358 g/mol. The van der Waals surface area contributed by atoms with E-state index in [9.17, 15) is 9.59 Å². The van der Waals surface area contributed by atoms with Gasteiger partial charge in [-0.15, -0.1) is 10.2 Å². The van der Waals surface area contributed by atoms with Crippen LogP contribution >= 0.6 is 0 Å². The predicted molar refractivity (Wildman–Crippen MR) is 91.8 cm³/mol. The number of nitrogens with one attached hydrogen (secondary N) is 1. The Kier molecular flexibility index (Phi) is 5.62. The Labute approximate surface area is 151 Å². The van der Waals surface area contributed by atoms with Crippen LogP contribution in [-0.2, 0) is 27.3 Å². The highest BCUT2D eigenvalue weighted by Gasteiger charge is 2.41. The lowest BCUT2D eigenvalue weighted by Crippen LogP contribution is -2.54. The Bertz CT molecular complexity index is 762. The maximum absolute atomic E-state index is 12.7. The molecule has 1 N–H and O–H groups in total. The normalized spacial score (nSPS) is 20.2. The van der Waals surface area contributed by atoms with Gasteiger partial charge in [-0.1, -0.05) is 37.3 Å². The van der Waals surface area contributed by atoms with E-state index >= 15 is 0 Å². The number of aryl methyl sites for hydroxylation is 1. The van der Waals surface area contributed by atoms with E-state index in [1.54, 1.807) is 4.90 Å². The minimum atomic E-state index is -0.802. The van der Waals surface area contributed by atoms with Crippen molar-refractivity contribution in [3.63, 3.8) is 0 Å². The number of hydrogen-bond acceptors (Lipinski definition) is 6. The third kappa shape index (κ3) is 3.75. The Morgan fingerprint density at radius 1 is 1.23 bits per heavy atom. The van der Waals surface area contributed by atoms with Crippen molar-refractivity contribution in [2.24, 2.45) is 0 Å². The van der Waals surface area contributed by atoms with E-state index in [-0.39, 0.29) is 25.0 Å². The summed E-state index contributed by atoms with van der Waals surface area (Å²) in [5.41, 5.74) is 0.855. The van der Waals surface area contributed by atoms with Crippen LogP contribution in [0.4, 0.5) is 0 Å². The van der Waals surface area contributed by atoms with E-state index in [4.69, 9.17) is 9.15 Å². The molecule has 0 saturated carbocycles. The smallest absolute Gasteiger partial charge is 0.252 e. The average molecular weight is 358 g/mol. The van der Waals surface area contributed by atoms with Gasteiger partial charge in [-0.05, 0) is 12.5 Å². The lowest BCUT2D eigenvalue weighted by molar-refractivity contribution is -0.164. The van der Waals surface area contributed by atoms with Crippen LogP contribution in [0.15, 0.2) is 34.7 Å². The molecule has 1 aliphatic rings. The molecule has 2 atom stereocenters. The summed E-state index contributed by atoms with van der Waals surface area (Å²) in [6.45, 7) is 4.30. The maximum atomic E-state index is 12.7. The minimum absolute atomic E-state index is 0.115. The molecule has 2 aromatic rings. The summed E-state index contributed by atoms with van der Waals surface area (Å²) in [5, 5.41) is 10.5. The van der Waals surface area contributed by atoms with E-state index in [0.29, 0.717) is 24.7 Å². The standard InChI is InChI=1S/C18H22N4O4/c1-3-13-20-21-14(26-13)10-19-18(24)17-16(12-8-6-5-7-9-12)22(4-2)15(23)11-25-17/h5-9,16-17H,3-4,10-11H2,1-2H3,(H,19,24)/t16-,17+/m1/s1. The second-order valence-electron chi connectivity index (χ2n) is 5.93. The number of carbonyl (C=O) groups is 2. The van der Waals surface area contributed by atoms with Crippen LogP contribution in [-0.4, -0.2) is 46.2 Å². The van der Waals surface area contributed by atoms with Crippen molar-refractivity contribution >= 4 is 11.8 Å². The SMILES string of the molecule is CCc1nnc(CNC(=O)[C@H]2OCC(=O)N(CC)[C@@H]2c2ccccc2)o1. The van der Waals surface area contributed by atoms with Gasteiger partial charge in [0.05, 0.1) is 12.6 Å². The van der Waals surface area contributed by atoms with Crippen LogP contribution in [0.2, 0.25) is 0 Å². The fraction of sp³-hybridized carbons (Fsp3) is 0.444. The van der Waals surface area contributed by atoms with Gasteiger partial charge in [-0.25, -0.2) is 0 Å². The lowest BCUT2D eigenvalue weighted by Gasteiger charge is -2.40. The highest BCUT2D eigenvalue weighted by molar-refractivity contribution is 5.86. The van der Waals surface area contributed by atoms with Crippen molar-refractivity contribution in [1.82, 2.24) is 20.4 Å². The molecule has 26 heavy (non-hydrogen) atoms. The lowest BCUT2D eigenvalue weighted by atomic mass is 9.97. The molecule has 0 aliphatic carbocycles. The van der Waals surface area contributed by atoms with Crippen LogP contribution in [0.1, 0.15) is 37.2 Å². The molecule has 2 amide bonds. The Morgan fingerprint density at radius 3 is 2.62 bits per heavy atom. The first-order valence-electron chi connectivity index (χ1n) is 8.69. The van der Waals surface area contributed by atoms with Crippen LogP contribution in [0.3, 0.4) is 0 Å². The second kappa shape index (κ2) is 8.09. The van der Waals surface area contributed by atoms with Gasteiger partial charge in [0, 0.05) is 13.0 Å². The zero-order valence-electron chi connectivity index (χ0n) is 14.8. The number of carbonyl (C=O) groups excluding carboxylic acids is 2. The van der Waals surface area contributed by atoms with Gasteiger partial charge in [-0.3, -0.25) is 9.59 Å². The molecule has 1 aliphatic heterocycles. The summed E-state index contributed by atoms with van der Waals surface area (Å²) < 4.78 is 11.0. The molecule has 1 saturated heterocycles. The van der Waals surface area contributed by atoms with Crippen molar-refractivity contribution in [1.29, 1.82) is 0 Å². The number of morpholine rings is 1. The molecule has 2 heterocycles. The number of aromatic nitrogens is 2. The zero-order chi connectivity index (χ0) is 18.5. The molecule has 0 bridgehead atoms. The first-order chi connectivity index (χ1) is 12.6. The van der Waals surface area contributed by atoms with Crippen molar-refractivity contribution < 1.29 is 18.7 Å².